The first-order chi connectivity index (χ1) is 14.6. The lowest BCUT2D eigenvalue weighted by Crippen LogP contribution is -2.41. The molecule has 0 radical (unpaired) electrons. The van der Waals surface area contributed by atoms with E-state index in [4.69, 9.17) is 19.2 Å². The molecule has 0 unspecified atom stereocenters. The van der Waals surface area contributed by atoms with Gasteiger partial charge in [-0.2, -0.15) is 0 Å². The fraction of sp³-hybridized carbons (Fsp3) is 0.619. The number of hydrogen-bond donors (Lipinski definition) is 0. The van der Waals surface area contributed by atoms with E-state index in [1.54, 1.807) is 16.6 Å². The average molecular weight is 415 g/mol. The molecule has 3 heterocycles. The molecule has 162 valence electrons. The maximum absolute atomic E-state index is 12.3. The highest BCUT2D eigenvalue weighted by Gasteiger charge is 2.22. The van der Waals surface area contributed by atoms with Crippen LogP contribution in [-0.4, -0.2) is 63.4 Å². The Balaban J connectivity index is 1.45. The summed E-state index contributed by atoms with van der Waals surface area (Å²) in [5.74, 6) is 0.815. The van der Waals surface area contributed by atoms with E-state index in [0.717, 1.165) is 24.3 Å². The first-order valence-corrected chi connectivity index (χ1v) is 10.6. The van der Waals surface area contributed by atoms with Gasteiger partial charge >= 0.3 is 6.09 Å². The van der Waals surface area contributed by atoms with Crippen LogP contribution >= 0.6 is 0 Å². The van der Waals surface area contributed by atoms with Gasteiger partial charge in [-0.3, -0.25) is 0 Å². The predicted molar refractivity (Wildman–Crippen MR) is 109 cm³/mol. The summed E-state index contributed by atoms with van der Waals surface area (Å²) < 4.78 is 18.6. The molecular weight excluding hydrogens is 386 g/mol. The topological polar surface area (TPSA) is 91.6 Å². The SMILES string of the molecule is Cc1nc(-c2nnn(C)c2COC(=O)N2CCOCC2)ccc1OC1CCCCC1. The molecule has 4 rings (SSSR count). The summed E-state index contributed by atoms with van der Waals surface area (Å²) in [4.78, 5) is 18.6. The standard InChI is InChI=1S/C21H29N5O4/c1-15-19(30-16-6-4-3-5-7-16)9-8-17(22-15)20-18(25(2)24-23-20)14-29-21(27)26-10-12-28-13-11-26/h8-9,16H,3-7,10-14H2,1-2H3. The van der Waals surface area contributed by atoms with Crippen LogP contribution < -0.4 is 4.74 Å². The van der Waals surface area contributed by atoms with Gasteiger partial charge in [-0.25, -0.2) is 14.5 Å². The molecule has 1 aliphatic heterocycles. The zero-order chi connectivity index (χ0) is 20.9. The summed E-state index contributed by atoms with van der Waals surface area (Å²) in [5.41, 5.74) is 2.82. The molecule has 1 aliphatic carbocycles. The number of carbonyl (C=O) groups excluding carboxylic acids is 1. The van der Waals surface area contributed by atoms with E-state index in [0.29, 0.717) is 43.4 Å². The van der Waals surface area contributed by atoms with E-state index in [2.05, 4.69) is 10.3 Å². The number of morpholine rings is 1. The number of pyridine rings is 1. The van der Waals surface area contributed by atoms with Crippen molar-refractivity contribution in [2.45, 2.75) is 51.7 Å². The Morgan fingerprint density at radius 3 is 2.70 bits per heavy atom. The Kier molecular flexibility index (Phi) is 6.47. The minimum atomic E-state index is -0.356. The smallest absolute Gasteiger partial charge is 0.410 e. The molecule has 2 fully saturated rings. The number of aromatic nitrogens is 4. The van der Waals surface area contributed by atoms with Gasteiger partial charge in [0, 0.05) is 20.1 Å². The van der Waals surface area contributed by atoms with Crippen LogP contribution in [0.5, 0.6) is 5.75 Å². The van der Waals surface area contributed by atoms with E-state index in [-0.39, 0.29) is 18.8 Å². The molecule has 1 amide bonds. The summed E-state index contributed by atoms with van der Waals surface area (Å²) in [6.07, 6.45) is 5.86. The van der Waals surface area contributed by atoms with Gasteiger partial charge < -0.3 is 19.1 Å². The zero-order valence-electron chi connectivity index (χ0n) is 17.7. The molecule has 2 aromatic heterocycles. The minimum Gasteiger partial charge on any atom is -0.489 e. The summed E-state index contributed by atoms with van der Waals surface area (Å²) in [6.45, 7) is 4.17. The van der Waals surface area contributed by atoms with Crippen molar-refractivity contribution in [3.8, 4) is 17.1 Å². The fourth-order valence-electron chi connectivity index (χ4n) is 3.87. The number of nitrogens with zero attached hydrogens (tertiary/aromatic N) is 5. The van der Waals surface area contributed by atoms with Crippen molar-refractivity contribution in [3.63, 3.8) is 0 Å². The second-order valence-electron chi connectivity index (χ2n) is 7.82. The van der Waals surface area contributed by atoms with E-state index < -0.39 is 0 Å². The normalized spacial score (nSPS) is 17.7. The van der Waals surface area contributed by atoms with Crippen LogP contribution in [-0.2, 0) is 23.1 Å². The van der Waals surface area contributed by atoms with Crippen molar-refractivity contribution in [3.05, 3.63) is 23.5 Å². The van der Waals surface area contributed by atoms with Gasteiger partial charge in [0.05, 0.1) is 30.7 Å². The molecule has 9 heteroatoms. The highest BCUT2D eigenvalue weighted by Crippen LogP contribution is 2.28. The average Bonchev–Trinajstić information content (AvgIpc) is 3.15. The number of ether oxygens (including phenoxy) is 3. The van der Waals surface area contributed by atoms with Crippen LogP contribution in [0.25, 0.3) is 11.4 Å². The van der Waals surface area contributed by atoms with Crippen molar-refractivity contribution in [1.82, 2.24) is 24.9 Å². The molecular formula is C21H29N5O4. The first-order valence-electron chi connectivity index (χ1n) is 10.6. The zero-order valence-corrected chi connectivity index (χ0v) is 17.7. The lowest BCUT2D eigenvalue weighted by atomic mass is 9.98. The molecule has 2 aliphatic rings. The molecule has 0 bridgehead atoms. The van der Waals surface area contributed by atoms with Gasteiger partial charge in [-0.05, 0) is 44.7 Å². The van der Waals surface area contributed by atoms with E-state index >= 15 is 0 Å². The lowest BCUT2D eigenvalue weighted by Gasteiger charge is -2.25. The van der Waals surface area contributed by atoms with Crippen molar-refractivity contribution < 1.29 is 19.0 Å². The van der Waals surface area contributed by atoms with Gasteiger partial charge in [-0.1, -0.05) is 11.6 Å². The molecule has 2 aromatic rings. The van der Waals surface area contributed by atoms with Gasteiger partial charge in [0.15, 0.2) is 0 Å². The Labute approximate surface area is 176 Å². The molecule has 0 aromatic carbocycles. The Hall–Kier alpha value is -2.68. The van der Waals surface area contributed by atoms with E-state index in [1.807, 2.05) is 19.1 Å². The quantitative estimate of drug-likeness (QED) is 0.741. The Morgan fingerprint density at radius 1 is 1.20 bits per heavy atom. The van der Waals surface area contributed by atoms with Crippen LogP contribution in [0.4, 0.5) is 4.79 Å². The number of hydrogen-bond acceptors (Lipinski definition) is 7. The molecule has 30 heavy (non-hydrogen) atoms. The van der Waals surface area contributed by atoms with Crippen molar-refractivity contribution in [2.24, 2.45) is 7.05 Å². The molecule has 9 nitrogen and oxygen atoms in total. The maximum atomic E-state index is 12.3. The molecule has 1 saturated carbocycles. The third kappa shape index (κ3) is 4.72. The van der Waals surface area contributed by atoms with Crippen LogP contribution in [0.1, 0.15) is 43.5 Å². The highest BCUT2D eigenvalue weighted by molar-refractivity contribution is 5.68. The van der Waals surface area contributed by atoms with Crippen LogP contribution in [0, 0.1) is 6.92 Å². The molecule has 0 N–H and O–H groups in total. The summed E-state index contributed by atoms with van der Waals surface area (Å²) in [7, 11) is 1.78. The second kappa shape index (κ2) is 9.42. The van der Waals surface area contributed by atoms with Gasteiger partial charge in [-0.15, -0.1) is 5.10 Å². The minimum absolute atomic E-state index is 0.0794. The van der Waals surface area contributed by atoms with Crippen LogP contribution in [0.2, 0.25) is 0 Å². The Bertz CT molecular complexity index is 872. The molecule has 0 spiro atoms. The van der Waals surface area contributed by atoms with Crippen molar-refractivity contribution in [2.75, 3.05) is 26.3 Å². The largest absolute Gasteiger partial charge is 0.489 e. The first kappa shape index (κ1) is 20.6. The fourth-order valence-corrected chi connectivity index (χ4v) is 3.87. The summed E-state index contributed by atoms with van der Waals surface area (Å²) >= 11 is 0. The summed E-state index contributed by atoms with van der Waals surface area (Å²) in [6, 6.07) is 3.84. The predicted octanol–water partition coefficient (Wildman–Crippen LogP) is 2.87. The van der Waals surface area contributed by atoms with E-state index in [1.165, 1.54) is 19.3 Å². The number of rotatable bonds is 5. The number of carbonyl (C=O) groups is 1. The van der Waals surface area contributed by atoms with Crippen LogP contribution in [0.3, 0.4) is 0 Å². The monoisotopic (exact) mass is 415 g/mol. The second-order valence-corrected chi connectivity index (χ2v) is 7.82. The maximum Gasteiger partial charge on any atom is 0.410 e. The van der Waals surface area contributed by atoms with Crippen LogP contribution in [0.15, 0.2) is 12.1 Å². The molecule has 0 atom stereocenters. The molecule has 1 saturated heterocycles. The van der Waals surface area contributed by atoms with E-state index in [9.17, 15) is 4.79 Å². The Morgan fingerprint density at radius 2 is 1.97 bits per heavy atom. The highest BCUT2D eigenvalue weighted by atomic mass is 16.6. The summed E-state index contributed by atoms with van der Waals surface area (Å²) in [5, 5.41) is 8.35. The number of amides is 1. The van der Waals surface area contributed by atoms with Crippen molar-refractivity contribution in [1.29, 1.82) is 0 Å². The third-order valence-electron chi connectivity index (χ3n) is 5.67. The lowest BCUT2D eigenvalue weighted by molar-refractivity contribution is 0.0244. The van der Waals surface area contributed by atoms with Gasteiger partial charge in [0.2, 0.25) is 0 Å². The third-order valence-corrected chi connectivity index (χ3v) is 5.67. The van der Waals surface area contributed by atoms with Gasteiger partial charge in [0.25, 0.3) is 0 Å². The van der Waals surface area contributed by atoms with Gasteiger partial charge in [0.1, 0.15) is 23.7 Å². The number of aryl methyl sites for hydroxylation is 2. The van der Waals surface area contributed by atoms with Crippen molar-refractivity contribution >= 4 is 6.09 Å².